The lowest BCUT2D eigenvalue weighted by Gasteiger charge is -2.09. The molecule has 2 aromatic carbocycles. The lowest BCUT2D eigenvalue weighted by atomic mass is 10.2. The molecule has 0 aliphatic rings. The molecule has 0 unspecified atom stereocenters. The molecule has 0 spiro atoms. The fraction of sp³-hybridized carbons (Fsp3) is 0.136. The van der Waals surface area contributed by atoms with Crippen molar-refractivity contribution in [2.75, 3.05) is 5.75 Å². The molecule has 0 atom stereocenters. The monoisotopic (exact) mass is 420 g/mol. The Balaban J connectivity index is 1.45. The summed E-state index contributed by atoms with van der Waals surface area (Å²) in [6, 6.07) is 22.3. The third-order valence-electron chi connectivity index (χ3n) is 4.28. The van der Waals surface area contributed by atoms with Crippen LogP contribution in [-0.2, 0) is 11.3 Å². The Kier molecular flexibility index (Phi) is 6.07. The lowest BCUT2D eigenvalue weighted by molar-refractivity contribution is -0.118. The van der Waals surface area contributed by atoms with Gasteiger partial charge in [0.15, 0.2) is 5.16 Å². The Morgan fingerprint density at radius 3 is 2.72 bits per heavy atom. The number of thiophene rings is 1. The van der Waals surface area contributed by atoms with Gasteiger partial charge in [0.25, 0.3) is 5.91 Å². The zero-order valence-corrected chi connectivity index (χ0v) is 17.5. The molecule has 0 saturated heterocycles. The summed E-state index contributed by atoms with van der Waals surface area (Å²) in [5.41, 5.74) is 5.77. The largest absolute Gasteiger partial charge is 0.314 e. The molecule has 4 aromatic rings. The molecule has 5 nitrogen and oxygen atoms in total. The molecular formula is C22H20N4OS2. The number of para-hydroxylation sites is 2. The number of nitrogens with zero attached hydrogens (tertiary/aromatic N) is 3. The van der Waals surface area contributed by atoms with Gasteiger partial charge >= 0.3 is 0 Å². The molecule has 0 saturated carbocycles. The zero-order chi connectivity index (χ0) is 20.1. The van der Waals surface area contributed by atoms with E-state index in [9.17, 15) is 4.79 Å². The van der Waals surface area contributed by atoms with Crippen LogP contribution in [0.2, 0.25) is 0 Å². The highest BCUT2D eigenvalue weighted by Crippen LogP contribution is 2.25. The highest BCUT2D eigenvalue weighted by atomic mass is 32.2. The number of hydrogen-bond acceptors (Lipinski definition) is 5. The third kappa shape index (κ3) is 4.93. The molecule has 29 heavy (non-hydrogen) atoms. The summed E-state index contributed by atoms with van der Waals surface area (Å²) >= 11 is 3.05. The number of nitrogens with one attached hydrogen (secondary N) is 1. The molecule has 0 aliphatic heterocycles. The Hall–Kier alpha value is -2.90. The zero-order valence-electron chi connectivity index (χ0n) is 15.9. The molecule has 1 amide bonds. The highest BCUT2D eigenvalue weighted by Gasteiger charge is 2.13. The van der Waals surface area contributed by atoms with E-state index in [1.165, 1.54) is 22.2 Å². The average molecular weight is 421 g/mol. The van der Waals surface area contributed by atoms with E-state index < -0.39 is 0 Å². The molecule has 146 valence electrons. The van der Waals surface area contributed by atoms with Gasteiger partial charge in [-0.25, -0.2) is 10.4 Å². The fourth-order valence-electron chi connectivity index (χ4n) is 2.94. The number of rotatable bonds is 7. The van der Waals surface area contributed by atoms with Gasteiger partial charge in [0.2, 0.25) is 0 Å². The predicted octanol–water partition coefficient (Wildman–Crippen LogP) is 4.70. The summed E-state index contributed by atoms with van der Waals surface area (Å²) in [5, 5.41) is 4.87. The maximum absolute atomic E-state index is 12.2. The van der Waals surface area contributed by atoms with Gasteiger partial charge in [-0.05, 0) is 36.8 Å². The molecule has 0 bridgehead atoms. The van der Waals surface area contributed by atoms with Crippen LogP contribution >= 0.6 is 23.1 Å². The minimum atomic E-state index is -0.155. The molecule has 0 radical (unpaired) electrons. The summed E-state index contributed by atoms with van der Waals surface area (Å²) in [6.45, 7) is 2.75. The maximum Gasteiger partial charge on any atom is 0.250 e. The second-order valence-corrected chi connectivity index (χ2v) is 8.75. The first kappa shape index (κ1) is 19.4. The topological polar surface area (TPSA) is 59.3 Å². The number of carbonyl (C=O) groups is 1. The van der Waals surface area contributed by atoms with Crippen LogP contribution in [-0.4, -0.2) is 27.4 Å². The van der Waals surface area contributed by atoms with Gasteiger partial charge < -0.3 is 4.57 Å². The van der Waals surface area contributed by atoms with Crippen LogP contribution < -0.4 is 5.43 Å². The van der Waals surface area contributed by atoms with Crippen molar-refractivity contribution in [2.45, 2.75) is 18.6 Å². The normalized spacial score (nSPS) is 11.3. The first-order chi connectivity index (χ1) is 14.2. The minimum absolute atomic E-state index is 0.155. The molecule has 0 fully saturated rings. The van der Waals surface area contributed by atoms with Crippen LogP contribution in [0.25, 0.3) is 11.0 Å². The van der Waals surface area contributed by atoms with Crippen molar-refractivity contribution in [2.24, 2.45) is 5.10 Å². The van der Waals surface area contributed by atoms with Gasteiger partial charge in [-0.15, -0.1) is 11.3 Å². The number of aromatic nitrogens is 2. The number of benzene rings is 2. The fourth-order valence-corrected chi connectivity index (χ4v) is 4.49. The number of imidazole rings is 1. The van der Waals surface area contributed by atoms with Crippen LogP contribution in [0.5, 0.6) is 0 Å². The number of carbonyl (C=O) groups excluding carboxylic acids is 1. The Morgan fingerprint density at radius 2 is 1.93 bits per heavy atom. The summed E-state index contributed by atoms with van der Waals surface area (Å²) in [5.74, 6) is 0.0942. The Bertz CT molecular complexity index is 1150. The number of thioether (sulfide) groups is 1. The summed E-state index contributed by atoms with van der Waals surface area (Å²) in [7, 11) is 0. The second kappa shape index (κ2) is 9.07. The van der Waals surface area contributed by atoms with Crippen LogP contribution in [0.1, 0.15) is 15.3 Å². The maximum atomic E-state index is 12.2. The standard InChI is InChI=1S/C22H20N4OS2/c1-16-11-12-18(29-16)13-23-25-21(27)15-28-22-24-19-9-5-6-10-20(19)26(22)14-17-7-3-2-4-8-17/h2-13H,14-15H2,1H3,(H,25,27)/b23-13+. The van der Waals surface area contributed by atoms with Crippen LogP contribution in [0.15, 0.2) is 77.0 Å². The second-order valence-electron chi connectivity index (χ2n) is 6.49. The predicted molar refractivity (Wildman–Crippen MR) is 121 cm³/mol. The Morgan fingerprint density at radius 1 is 1.14 bits per heavy atom. The number of fused-ring (bicyclic) bond motifs is 1. The molecule has 7 heteroatoms. The van der Waals surface area contributed by atoms with Crippen LogP contribution in [0.3, 0.4) is 0 Å². The van der Waals surface area contributed by atoms with Gasteiger partial charge in [0, 0.05) is 9.75 Å². The van der Waals surface area contributed by atoms with Crippen LogP contribution in [0.4, 0.5) is 0 Å². The number of hydrazone groups is 1. The molecule has 0 aliphatic carbocycles. The van der Waals surface area contributed by atoms with Gasteiger partial charge in [-0.3, -0.25) is 4.79 Å². The SMILES string of the molecule is Cc1ccc(/C=N/NC(=O)CSc2nc3ccccc3n2Cc2ccccc2)s1. The molecule has 4 rings (SSSR count). The summed E-state index contributed by atoms with van der Waals surface area (Å²) in [4.78, 5) is 19.2. The average Bonchev–Trinajstić information content (AvgIpc) is 3.31. The minimum Gasteiger partial charge on any atom is -0.314 e. The van der Waals surface area contributed by atoms with Crippen molar-refractivity contribution in [3.05, 3.63) is 82.0 Å². The summed E-state index contributed by atoms with van der Waals surface area (Å²) < 4.78 is 2.15. The van der Waals surface area contributed by atoms with Crippen molar-refractivity contribution in [1.82, 2.24) is 15.0 Å². The molecular weight excluding hydrogens is 400 g/mol. The van der Waals surface area contributed by atoms with Crippen molar-refractivity contribution in [3.8, 4) is 0 Å². The van der Waals surface area contributed by atoms with Gasteiger partial charge in [0.05, 0.1) is 29.5 Å². The van der Waals surface area contributed by atoms with Crippen molar-refractivity contribution in [3.63, 3.8) is 0 Å². The Labute approximate surface area is 177 Å². The third-order valence-corrected chi connectivity index (χ3v) is 6.19. The van der Waals surface area contributed by atoms with Gasteiger partial charge in [0.1, 0.15) is 0 Å². The first-order valence-corrected chi connectivity index (χ1v) is 11.0. The van der Waals surface area contributed by atoms with E-state index in [0.717, 1.165) is 21.1 Å². The quantitative estimate of drug-likeness (QED) is 0.268. The molecule has 2 aromatic heterocycles. The molecule has 2 heterocycles. The number of aryl methyl sites for hydroxylation is 1. The van der Waals surface area contributed by atoms with E-state index in [4.69, 9.17) is 4.98 Å². The van der Waals surface area contributed by atoms with E-state index in [1.807, 2.05) is 55.5 Å². The van der Waals surface area contributed by atoms with Gasteiger partial charge in [-0.1, -0.05) is 54.2 Å². The van der Waals surface area contributed by atoms with Crippen LogP contribution in [0, 0.1) is 6.92 Å². The van der Waals surface area contributed by atoms with Gasteiger partial charge in [-0.2, -0.15) is 5.10 Å². The van der Waals surface area contributed by atoms with E-state index in [1.54, 1.807) is 17.6 Å². The highest BCUT2D eigenvalue weighted by molar-refractivity contribution is 7.99. The lowest BCUT2D eigenvalue weighted by Crippen LogP contribution is -2.20. The van der Waals surface area contributed by atoms with Crippen molar-refractivity contribution < 1.29 is 4.79 Å². The molecule has 1 N–H and O–H groups in total. The summed E-state index contributed by atoms with van der Waals surface area (Å²) in [6.07, 6.45) is 1.67. The van der Waals surface area contributed by atoms with E-state index in [-0.39, 0.29) is 11.7 Å². The van der Waals surface area contributed by atoms with E-state index in [2.05, 4.69) is 33.3 Å². The van der Waals surface area contributed by atoms with E-state index in [0.29, 0.717) is 6.54 Å². The van der Waals surface area contributed by atoms with Crippen molar-refractivity contribution in [1.29, 1.82) is 0 Å². The van der Waals surface area contributed by atoms with Crippen molar-refractivity contribution >= 4 is 46.3 Å². The first-order valence-electron chi connectivity index (χ1n) is 9.19. The number of amides is 1. The van der Waals surface area contributed by atoms with E-state index >= 15 is 0 Å². The smallest absolute Gasteiger partial charge is 0.250 e. The number of hydrogen-bond donors (Lipinski definition) is 1.